The molecular formula is C21H22Cl2N2O4S. The lowest BCUT2D eigenvalue weighted by atomic mass is 9.98. The van der Waals surface area contributed by atoms with E-state index in [1.165, 1.54) is 0 Å². The average Bonchev–Trinajstić information content (AvgIpc) is 2.67. The molecule has 0 bridgehead atoms. The van der Waals surface area contributed by atoms with E-state index in [-0.39, 0.29) is 22.9 Å². The summed E-state index contributed by atoms with van der Waals surface area (Å²) in [6.07, 6.45) is 0.189. The number of benzene rings is 2. The summed E-state index contributed by atoms with van der Waals surface area (Å²) in [5, 5.41) is 1.54. The molecule has 6 nitrogen and oxygen atoms in total. The number of hydrogen-bond donors (Lipinski definition) is 1. The van der Waals surface area contributed by atoms with Crippen LogP contribution in [0.3, 0.4) is 0 Å². The maximum absolute atomic E-state index is 12.8. The van der Waals surface area contributed by atoms with Crippen LogP contribution >= 0.6 is 23.2 Å². The number of anilines is 1. The van der Waals surface area contributed by atoms with Gasteiger partial charge >= 0.3 is 5.63 Å². The molecule has 1 aromatic heterocycles. The van der Waals surface area contributed by atoms with Crippen LogP contribution in [0, 0.1) is 0 Å². The van der Waals surface area contributed by atoms with Gasteiger partial charge in [-0.1, -0.05) is 35.3 Å². The molecule has 0 saturated carbocycles. The minimum Gasteiger partial charge on any atom is -0.422 e. The first-order chi connectivity index (χ1) is 14.1. The molecule has 9 heteroatoms. The first-order valence-corrected chi connectivity index (χ1v) is 11.7. The van der Waals surface area contributed by atoms with E-state index in [1.54, 1.807) is 43.3 Å². The van der Waals surface area contributed by atoms with Gasteiger partial charge in [-0.2, -0.15) is 0 Å². The van der Waals surface area contributed by atoms with Crippen LogP contribution in [0.25, 0.3) is 11.0 Å². The summed E-state index contributed by atoms with van der Waals surface area (Å²) >= 11 is 12.7. The maximum atomic E-state index is 12.8. The molecule has 0 unspecified atom stereocenters. The zero-order valence-electron chi connectivity index (χ0n) is 16.8. The van der Waals surface area contributed by atoms with E-state index in [0.29, 0.717) is 28.3 Å². The van der Waals surface area contributed by atoms with E-state index in [9.17, 15) is 13.2 Å². The molecule has 0 aliphatic carbocycles. The molecule has 0 radical (unpaired) electrons. The summed E-state index contributed by atoms with van der Waals surface area (Å²) < 4.78 is 31.9. The van der Waals surface area contributed by atoms with Gasteiger partial charge in [0.05, 0.1) is 16.5 Å². The summed E-state index contributed by atoms with van der Waals surface area (Å²) in [7, 11) is 0.323. The van der Waals surface area contributed by atoms with Crippen molar-refractivity contribution in [3.05, 3.63) is 73.6 Å². The van der Waals surface area contributed by atoms with Crippen molar-refractivity contribution in [1.29, 1.82) is 0 Å². The molecule has 160 valence electrons. The van der Waals surface area contributed by atoms with Gasteiger partial charge in [0.15, 0.2) is 0 Å². The van der Waals surface area contributed by atoms with Crippen molar-refractivity contribution in [1.82, 2.24) is 4.90 Å². The number of nitrogens with zero attached hydrogens (tertiary/aromatic N) is 1. The largest absolute Gasteiger partial charge is 0.422 e. The van der Waals surface area contributed by atoms with E-state index in [4.69, 9.17) is 27.6 Å². The van der Waals surface area contributed by atoms with Crippen LogP contribution in [0.15, 0.2) is 45.6 Å². The molecule has 0 saturated heterocycles. The Balaban J connectivity index is 2.14. The van der Waals surface area contributed by atoms with Gasteiger partial charge in [-0.25, -0.2) is 13.2 Å². The van der Waals surface area contributed by atoms with Crippen LogP contribution in [-0.2, 0) is 23.0 Å². The Labute approximate surface area is 185 Å². The molecule has 3 rings (SSSR count). The molecule has 0 atom stereocenters. The highest BCUT2D eigenvalue weighted by atomic mass is 35.5. The van der Waals surface area contributed by atoms with Gasteiger partial charge in [0.2, 0.25) is 10.0 Å². The van der Waals surface area contributed by atoms with Crippen molar-refractivity contribution in [2.75, 3.05) is 24.6 Å². The van der Waals surface area contributed by atoms with Crippen LogP contribution in [0.4, 0.5) is 5.69 Å². The predicted molar refractivity (Wildman–Crippen MR) is 122 cm³/mol. The zero-order valence-corrected chi connectivity index (χ0v) is 19.2. The second-order valence-corrected chi connectivity index (χ2v) is 10.0. The Morgan fingerprint density at radius 1 is 1.10 bits per heavy atom. The van der Waals surface area contributed by atoms with E-state index >= 15 is 0 Å². The molecular weight excluding hydrogens is 447 g/mol. The minimum absolute atomic E-state index is 0.0738. The highest BCUT2D eigenvalue weighted by Crippen LogP contribution is 2.31. The lowest BCUT2D eigenvalue weighted by molar-refractivity contribution is 0.400. The van der Waals surface area contributed by atoms with Crippen molar-refractivity contribution in [2.45, 2.75) is 19.9 Å². The second-order valence-electron chi connectivity index (χ2n) is 7.19. The van der Waals surface area contributed by atoms with Crippen molar-refractivity contribution in [2.24, 2.45) is 0 Å². The summed E-state index contributed by atoms with van der Waals surface area (Å²) in [6, 6.07) is 10.2. The van der Waals surface area contributed by atoms with Crippen molar-refractivity contribution in [3.63, 3.8) is 0 Å². The van der Waals surface area contributed by atoms with Gasteiger partial charge in [-0.3, -0.25) is 4.72 Å². The molecule has 30 heavy (non-hydrogen) atoms. The standard InChI is InChI=1S/C21H22Cl2N2O4S/c1-4-30(27,28)24-18-7-5-6-13(20(18)23)10-16-17(12-25(2)3)15-11-14(22)8-9-19(15)29-21(16)26/h5-9,11,24H,4,10,12H2,1-3H3. The van der Waals surface area contributed by atoms with E-state index in [0.717, 1.165) is 10.9 Å². The molecule has 2 aromatic carbocycles. The van der Waals surface area contributed by atoms with Gasteiger partial charge in [0.25, 0.3) is 0 Å². The quantitative estimate of drug-likeness (QED) is 0.515. The van der Waals surface area contributed by atoms with Crippen LogP contribution in [0.2, 0.25) is 10.0 Å². The molecule has 0 aliphatic rings. The topological polar surface area (TPSA) is 79.6 Å². The van der Waals surface area contributed by atoms with Gasteiger partial charge in [-0.05, 0) is 56.4 Å². The Bertz CT molecular complexity index is 1250. The van der Waals surface area contributed by atoms with E-state index in [1.807, 2.05) is 19.0 Å². The van der Waals surface area contributed by atoms with Crippen LogP contribution in [-0.4, -0.2) is 33.2 Å². The van der Waals surface area contributed by atoms with Crippen LogP contribution in [0.1, 0.15) is 23.6 Å². The van der Waals surface area contributed by atoms with Gasteiger partial charge in [0, 0.05) is 28.9 Å². The Morgan fingerprint density at radius 2 is 1.83 bits per heavy atom. The van der Waals surface area contributed by atoms with Gasteiger partial charge < -0.3 is 9.32 Å². The van der Waals surface area contributed by atoms with E-state index in [2.05, 4.69) is 4.72 Å². The molecule has 1 N–H and O–H groups in total. The third kappa shape index (κ3) is 4.98. The fourth-order valence-corrected chi connectivity index (χ4v) is 4.29. The third-order valence-electron chi connectivity index (χ3n) is 4.65. The molecule has 3 aromatic rings. The summed E-state index contributed by atoms with van der Waals surface area (Å²) in [5.74, 6) is -0.0738. The normalized spacial score (nSPS) is 11.9. The monoisotopic (exact) mass is 468 g/mol. The highest BCUT2D eigenvalue weighted by molar-refractivity contribution is 7.92. The molecule has 1 heterocycles. The Kier molecular flexibility index (Phi) is 6.77. The SMILES string of the molecule is CCS(=O)(=O)Nc1cccc(Cc2c(CN(C)C)c3cc(Cl)ccc3oc2=O)c1Cl. The third-order valence-corrected chi connectivity index (χ3v) is 6.62. The first-order valence-electron chi connectivity index (χ1n) is 9.28. The Hall–Kier alpha value is -2.06. The number of halogens is 2. The van der Waals surface area contributed by atoms with Crippen LogP contribution < -0.4 is 10.3 Å². The van der Waals surface area contributed by atoms with Crippen molar-refractivity contribution < 1.29 is 12.8 Å². The molecule has 0 aliphatic heterocycles. The number of sulfonamides is 1. The highest BCUT2D eigenvalue weighted by Gasteiger charge is 2.19. The fraction of sp³-hybridized carbons (Fsp3) is 0.286. The number of fused-ring (bicyclic) bond motifs is 1. The smallest absolute Gasteiger partial charge is 0.340 e. The van der Waals surface area contributed by atoms with Crippen molar-refractivity contribution in [3.8, 4) is 0 Å². The van der Waals surface area contributed by atoms with Crippen LogP contribution in [0.5, 0.6) is 0 Å². The number of hydrogen-bond acceptors (Lipinski definition) is 5. The number of nitrogens with one attached hydrogen (secondary N) is 1. The lowest BCUT2D eigenvalue weighted by Crippen LogP contribution is -2.19. The van der Waals surface area contributed by atoms with Gasteiger partial charge in [0.1, 0.15) is 5.58 Å². The maximum Gasteiger partial charge on any atom is 0.340 e. The number of rotatable bonds is 7. The fourth-order valence-electron chi connectivity index (χ4n) is 3.18. The minimum atomic E-state index is -3.49. The average molecular weight is 469 g/mol. The van der Waals surface area contributed by atoms with Crippen molar-refractivity contribution >= 4 is 49.9 Å². The Morgan fingerprint density at radius 3 is 2.50 bits per heavy atom. The van der Waals surface area contributed by atoms with Gasteiger partial charge in [-0.15, -0.1) is 0 Å². The molecule has 0 spiro atoms. The molecule has 0 fully saturated rings. The van der Waals surface area contributed by atoms with E-state index < -0.39 is 15.6 Å². The summed E-state index contributed by atoms with van der Waals surface area (Å²) in [4.78, 5) is 14.8. The summed E-state index contributed by atoms with van der Waals surface area (Å²) in [6.45, 7) is 2.04. The second kappa shape index (κ2) is 8.98. The zero-order chi connectivity index (χ0) is 22.1. The first kappa shape index (κ1) is 22.6. The summed E-state index contributed by atoms with van der Waals surface area (Å²) in [5.41, 5.74) is 2.14. The molecule has 0 amide bonds. The predicted octanol–water partition coefficient (Wildman–Crippen LogP) is 4.51. The lowest BCUT2D eigenvalue weighted by Gasteiger charge is -2.17.